The Labute approximate surface area is 59.8 Å². The average molecular weight is 293 g/mol. The molecule has 0 saturated heterocycles. The molecule has 0 unspecified atom stereocenters. The van der Waals surface area contributed by atoms with E-state index >= 15 is 0 Å². The summed E-state index contributed by atoms with van der Waals surface area (Å²) < 4.78 is 9.56. The Morgan fingerprint density at radius 2 is 1.43 bits per heavy atom. The normalized spacial score (nSPS) is 8.57. The molecule has 0 aliphatic rings. The van der Waals surface area contributed by atoms with Crippen molar-refractivity contribution in [1.29, 1.82) is 0 Å². The van der Waals surface area contributed by atoms with Gasteiger partial charge in [-0.05, 0) is 0 Å². The monoisotopic (exact) mass is 293 g/mol. The molecule has 44 valence electrons. The summed E-state index contributed by atoms with van der Waals surface area (Å²) >= 11 is 0. The maximum absolute atomic E-state index is 4.78. The smallest absolute Gasteiger partial charge is 0.213 e. The molecular formula is C3H10O2PW+. The van der Waals surface area contributed by atoms with Gasteiger partial charge in [0.25, 0.3) is 8.38 Å². The first-order chi connectivity index (χ1) is 2.81. The second kappa shape index (κ2) is 7.04. The van der Waals surface area contributed by atoms with Gasteiger partial charge in [-0.15, -0.1) is 0 Å². The van der Waals surface area contributed by atoms with Gasteiger partial charge in [0, 0.05) is 21.1 Å². The fraction of sp³-hybridized carbons (Fsp3) is 1.00. The third kappa shape index (κ3) is 7.04. The van der Waals surface area contributed by atoms with Crippen molar-refractivity contribution in [1.82, 2.24) is 0 Å². The molecule has 0 heterocycles. The number of hydrogen-bond donors (Lipinski definition) is 0. The number of rotatable bonds is 2. The molecule has 0 rings (SSSR count). The molecular weight excluding hydrogens is 283 g/mol. The fourth-order valence-electron chi connectivity index (χ4n) is 0.0833. The van der Waals surface area contributed by atoms with Crippen molar-refractivity contribution >= 4 is 8.38 Å². The maximum Gasteiger partial charge on any atom is 0.259 e. The van der Waals surface area contributed by atoms with E-state index in [0.717, 1.165) is 0 Å². The van der Waals surface area contributed by atoms with E-state index < -0.39 is 8.38 Å². The second-order valence-corrected chi connectivity index (χ2v) is 2.70. The largest absolute Gasteiger partial charge is 0.259 e. The van der Waals surface area contributed by atoms with Crippen LogP contribution in [0.3, 0.4) is 0 Å². The fourth-order valence-corrected chi connectivity index (χ4v) is 0.250. The summed E-state index contributed by atoms with van der Waals surface area (Å²) in [5.41, 5.74) is 0. The maximum atomic E-state index is 4.78. The first kappa shape index (κ1) is 10.9. The molecule has 0 radical (unpaired) electrons. The van der Waals surface area contributed by atoms with E-state index in [1.54, 1.807) is 14.2 Å². The minimum atomic E-state index is -0.868. The zero-order chi connectivity index (χ0) is 4.99. The minimum Gasteiger partial charge on any atom is -0.213 e. The zero-order valence-corrected chi connectivity index (χ0v) is 8.66. The van der Waals surface area contributed by atoms with Gasteiger partial charge in [-0.3, -0.25) is 0 Å². The molecule has 0 aliphatic carbocycles. The molecule has 0 fully saturated rings. The van der Waals surface area contributed by atoms with E-state index in [4.69, 9.17) is 9.05 Å². The van der Waals surface area contributed by atoms with Crippen LogP contribution >= 0.6 is 8.38 Å². The quantitative estimate of drug-likeness (QED) is 0.706. The molecule has 2 nitrogen and oxygen atoms in total. The van der Waals surface area contributed by atoms with Gasteiger partial charge >= 0.3 is 0 Å². The standard InChI is InChI=1S/C3H9O2P.W/c1-4-6(3)5-2;/h1-3H3;/p+1. The van der Waals surface area contributed by atoms with Gasteiger partial charge in [-0.2, -0.15) is 0 Å². The molecule has 4 heteroatoms. The Hall–Kier alpha value is 1.04. The van der Waals surface area contributed by atoms with Crippen molar-refractivity contribution < 1.29 is 30.1 Å². The molecule has 0 aromatic carbocycles. The van der Waals surface area contributed by atoms with Gasteiger partial charge in [0.15, 0.2) is 0 Å². The van der Waals surface area contributed by atoms with Crippen LogP contribution in [0.5, 0.6) is 0 Å². The molecule has 7 heavy (non-hydrogen) atoms. The molecule has 0 amide bonds. The van der Waals surface area contributed by atoms with E-state index in [0.29, 0.717) is 0 Å². The molecule has 0 aromatic heterocycles. The Morgan fingerprint density at radius 1 is 1.14 bits per heavy atom. The molecule has 0 atom stereocenters. The summed E-state index contributed by atoms with van der Waals surface area (Å²) in [5.74, 6) is 0. The second-order valence-electron chi connectivity index (χ2n) is 0.900. The van der Waals surface area contributed by atoms with E-state index in [2.05, 4.69) is 0 Å². The molecule has 0 spiro atoms. The van der Waals surface area contributed by atoms with Gasteiger partial charge < -0.3 is 0 Å². The van der Waals surface area contributed by atoms with Crippen molar-refractivity contribution in [3.63, 3.8) is 0 Å². The van der Waals surface area contributed by atoms with Crippen molar-refractivity contribution in [3.05, 3.63) is 0 Å². The van der Waals surface area contributed by atoms with Crippen LogP contribution < -0.4 is 0 Å². The van der Waals surface area contributed by atoms with Gasteiger partial charge in [-0.1, -0.05) is 0 Å². The van der Waals surface area contributed by atoms with Gasteiger partial charge in [0.1, 0.15) is 6.66 Å². The molecule has 0 N–H and O–H groups in total. The van der Waals surface area contributed by atoms with Crippen LogP contribution in [0, 0.1) is 0 Å². The Morgan fingerprint density at radius 3 is 1.43 bits per heavy atom. The van der Waals surface area contributed by atoms with E-state index in [9.17, 15) is 0 Å². The molecule has 0 aliphatic heterocycles. The van der Waals surface area contributed by atoms with Crippen molar-refractivity contribution in [2.45, 2.75) is 0 Å². The summed E-state index contributed by atoms with van der Waals surface area (Å²) in [6, 6.07) is 0. The van der Waals surface area contributed by atoms with Crippen LogP contribution in [0.15, 0.2) is 0 Å². The van der Waals surface area contributed by atoms with Crippen LogP contribution in [0.1, 0.15) is 0 Å². The predicted molar refractivity (Wildman–Crippen MR) is 28.3 cm³/mol. The third-order valence-electron chi connectivity index (χ3n) is 0.575. The van der Waals surface area contributed by atoms with Crippen LogP contribution in [-0.2, 0) is 30.1 Å². The van der Waals surface area contributed by atoms with Crippen LogP contribution in [0.25, 0.3) is 0 Å². The van der Waals surface area contributed by atoms with Crippen LogP contribution in [-0.4, -0.2) is 20.9 Å². The SMILES string of the molecule is CO[PH+](C)OC.[W]. The van der Waals surface area contributed by atoms with E-state index in [1.165, 1.54) is 0 Å². The zero-order valence-electron chi connectivity index (χ0n) is 4.72. The molecule has 0 bridgehead atoms. The van der Waals surface area contributed by atoms with Crippen molar-refractivity contribution in [2.75, 3.05) is 20.9 Å². The average Bonchev–Trinajstić information content (AvgIpc) is 1.65. The van der Waals surface area contributed by atoms with Crippen LogP contribution in [0.2, 0.25) is 0 Å². The van der Waals surface area contributed by atoms with Crippen molar-refractivity contribution in [3.8, 4) is 0 Å². The Bertz CT molecular complexity index is 32.1. The molecule has 0 saturated carbocycles. The first-order valence-electron chi connectivity index (χ1n) is 1.72. The Kier molecular flexibility index (Phi) is 11.0. The summed E-state index contributed by atoms with van der Waals surface area (Å²) in [5, 5.41) is 0. The minimum absolute atomic E-state index is 0. The number of hydrogen-bond acceptors (Lipinski definition) is 2. The van der Waals surface area contributed by atoms with Crippen molar-refractivity contribution in [2.24, 2.45) is 0 Å². The summed E-state index contributed by atoms with van der Waals surface area (Å²) in [6.45, 7) is 1.94. The van der Waals surface area contributed by atoms with Gasteiger partial charge in [0.2, 0.25) is 0 Å². The van der Waals surface area contributed by atoms with Crippen LogP contribution in [0.4, 0.5) is 0 Å². The third-order valence-corrected chi connectivity index (χ3v) is 1.72. The topological polar surface area (TPSA) is 18.5 Å². The van der Waals surface area contributed by atoms with Gasteiger partial charge in [-0.25, -0.2) is 9.05 Å². The van der Waals surface area contributed by atoms with E-state index in [1.807, 2.05) is 6.66 Å². The summed E-state index contributed by atoms with van der Waals surface area (Å²) in [6.07, 6.45) is 0. The first-order valence-corrected chi connectivity index (χ1v) is 3.54. The predicted octanol–water partition coefficient (Wildman–Crippen LogP) is 0.951. The van der Waals surface area contributed by atoms with Gasteiger partial charge in [0.05, 0.1) is 14.2 Å². The van der Waals surface area contributed by atoms with E-state index in [-0.39, 0.29) is 21.1 Å². The summed E-state index contributed by atoms with van der Waals surface area (Å²) in [4.78, 5) is 0. The molecule has 0 aromatic rings. The summed E-state index contributed by atoms with van der Waals surface area (Å²) in [7, 11) is 2.43. The Balaban J connectivity index is 0.